The fourth-order valence-electron chi connectivity index (χ4n) is 1.83. The maximum absolute atomic E-state index is 9.52. The third kappa shape index (κ3) is 2.98. The van der Waals surface area contributed by atoms with Gasteiger partial charge in [0.25, 0.3) is 0 Å². The van der Waals surface area contributed by atoms with E-state index < -0.39 is 0 Å². The Hall–Kier alpha value is -0.590. The highest BCUT2D eigenvalue weighted by atomic mass is 16.3. The maximum atomic E-state index is 9.52. The third-order valence-electron chi connectivity index (χ3n) is 2.81. The summed E-state index contributed by atoms with van der Waals surface area (Å²) in [6, 6.07) is 2.15. The van der Waals surface area contributed by atoms with Crippen molar-refractivity contribution in [2.75, 3.05) is 6.54 Å². The highest BCUT2D eigenvalue weighted by Gasteiger charge is 2.25. The maximum Gasteiger partial charge on any atom is 0.0950 e. The van der Waals surface area contributed by atoms with Gasteiger partial charge in [-0.15, -0.1) is 0 Å². The van der Waals surface area contributed by atoms with Gasteiger partial charge in [-0.2, -0.15) is 5.26 Å². The minimum Gasteiger partial charge on any atom is -0.393 e. The molecule has 1 rings (SSSR count). The van der Waals surface area contributed by atoms with E-state index in [1.807, 2.05) is 6.92 Å². The number of hydrogen-bond acceptors (Lipinski definition) is 3. The van der Waals surface area contributed by atoms with E-state index in [9.17, 15) is 5.11 Å². The topological polar surface area (TPSA) is 56.0 Å². The molecule has 1 saturated carbocycles. The predicted molar refractivity (Wildman–Crippen MR) is 51.0 cm³/mol. The Kier molecular flexibility index (Phi) is 4.20. The van der Waals surface area contributed by atoms with Gasteiger partial charge in [0.05, 0.1) is 18.2 Å². The average molecular weight is 182 g/mol. The Morgan fingerprint density at radius 1 is 1.62 bits per heavy atom. The van der Waals surface area contributed by atoms with Gasteiger partial charge in [0.15, 0.2) is 0 Å². The summed E-state index contributed by atoms with van der Waals surface area (Å²) in [5, 5.41) is 21.4. The molecule has 2 N–H and O–H groups in total. The van der Waals surface area contributed by atoms with Gasteiger partial charge in [0.1, 0.15) is 0 Å². The van der Waals surface area contributed by atoms with Crippen LogP contribution in [0.2, 0.25) is 0 Å². The number of hydrogen-bond donors (Lipinski definition) is 2. The summed E-state index contributed by atoms with van der Waals surface area (Å²) < 4.78 is 0. The lowest BCUT2D eigenvalue weighted by Crippen LogP contribution is -2.34. The van der Waals surface area contributed by atoms with Gasteiger partial charge >= 0.3 is 0 Å². The Bertz CT molecular complexity index is 188. The molecule has 0 spiro atoms. The van der Waals surface area contributed by atoms with E-state index in [1.54, 1.807) is 0 Å². The molecule has 3 nitrogen and oxygen atoms in total. The van der Waals surface area contributed by atoms with Crippen LogP contribution < -0.4 is 5.32 Å². The van der Waals surface area contributed by atoms with Crippen LogP contribution in [0.5, 0.6) is 0 Å². The number of nitrogens with zero attached hydrogens (tertiary/aromatic N) is 1. The SMILES string of the molecule is CCC(C#N)NCC1CCCC1O. The monoisotopic (exact) mass is 182 g/mol. The molecule has 0 aromatic carbocycles. The van der Waals surface area contributed by atoms with Gasteiger partial charge in [-0.25, -0.2) is 0 Å². The fourth-order valence-corrected chi connectivity index (χ4v) is 1.83. The van der Waals surface area contributed by atoms with E-state index in [0.717, 1.165) is 32.2 Å². The lowest BCUT2D eigenvalue weighted by Gasteiger charge is -2.16. The molecule has 0 aromatic rings. The van der Waals surface area contributed by atoms with Crippen LogP contribution in [-0.4, -0.2) is 23.8 Å². The smallest absolute Gasteiger partial charge is 0.0950 e. The van der Waals surface area contributed by atoms with Crippen molar-refractivity contribution in [3.63, 3.8) is 0 Å². The lowest BCUT2D eigenvalue weighted by molar-refractivity contribution is 0.131. The number of nitriles is 1. The second kappa shape index (κ2) is 5.21. The summed E-state index contributed by atoms with van der Waals surface area (Å²) in [6.07, 6.45) is 3.82. The first-order valence-electron chi connectivity index (χ1n) is 5.09. The molecule has 0 radical (unpaired) electrons. The lowest BCUT2D eigenvalue weighted by atomic mass is 10.1. The molecule has 3 atom stereocenters. The highest BCUT2D eigenvalue weighted by molar-refractivity contribution is 4.90. The van der Waals surface area contributed by atoms with Crippen molar-refractivity contribution in [2.24, 2.45) is 5.92 Å². The molecular weight excluding hydrogens is 164 g/mol. The van der Waals surface area contributed by atoms with E-state index in [4.69, 9.17) is 5.26 Å². The zero-order valence-electron chi connectivity index (χ0n) is 8.16. The summed E-state index contributed by atoms with van der Waals surface area (Å²) in [5.41, 5.74) is 0. The first-order valence-corrected chi connectivity index (χ1v) is 5.09. The van der Waals surface area contributed by atoms with Crippen LogP contribution in [0.15, 0.2) is 0 Å². The Labute approximate surface area is 79.8 Å². The molecule has 0 aliphatic heterocycles. The molecule has 0 bridgehead atoms. The van der Waals surface area contributed by atoms with Crippen LogP contribution in [0.3, 0.4) is 0 Å². The molecule has 0 amide bonds. The summed E-state index contributed by atoms with van der Waals surface area (Å²) in [7, 11) is 0. The molecule has 3 heteroatoms. The van der Waals surface area contributed by atoms with Crippen LogP contribution >= 0.6 is 0 Å². The van der Waals surface area contributed by atoms with Crippen molar-refractivity contribution in [1.29, 1.82) is 5.26 Å². The zero-order valence-corrected chi connectivity index (χ0v) is 8.16. The van der Waals surface area contributed by atoms with E-state index in [2.05, 4.69) is 11.4 Å². The van der Waals surface area contributed by atoms with Crippen molar-refractivity contribution >= 4 is 0 Å². The van der Waals surface area contributed by atoms with Crippen LogP contribution in [0.1, 0.15) is 32.6 Å². The predicted octanol–water partition coefficient (Wildman–Crippen LogP) is 1.04. The largest absolute Gasteiger partial charge is 0.393 e. The van der Waals surface area contributed by atoms with Crippen molar-refractivity contribution in [2.45, 2.75) is 44.8 Å². The second-order valence-corrected chi connectivity index (χ2v) is 3.76. The highest BCUT2D eigenvalue weighted by Crippen LogP contribution is 2.24. The van der Waals surface area contributed by atoms with Crippen molar-refractivity contribution in [3.8, 4) is 6.07 Å². The molecular formula is C10H18N2O. The quantitative estimate of drug-likeness (QED) is 0.683. The van der Waals surface area contributed by atoms with Gasteiger partial charge in [-0.05, 0) is 25.2 Å². The molecule has 1 aliphatic carbocycles. The standard InChI is InChI=1S/C10H18N2O/c1-2-9(6-11)12-7-8-4-3-5-10(8)13/h8-10,12-13H,2-5,7H2,1H3. The van der Waals surface area contributed by atoms with Crippen LogP contribution in [0.4, 0.5) is 0 Å². The van der Waals surface area contributed by atoms with Gasteiger partial charge in [-0.3, -0.25) is 0 Å². The van der Waals surface area contributed by atoms with Gasteiger partial charge in [-0.1, -0.05) is 13.3 Å². The van der Waals surface area contributed by atoms with Gasteiger partial charge in [0.2, 0.25) is 0 Å². The zero-order chi connectivity index (χ0) is 9.68. The second-order valence-electron chi connectivity index (χ2n) is 3.76. The van der Waals surface area contributed by atoms with E-state index >= 15 is 0 Å². The summed E-state index contributed by atoms with van der Waals surface area (Å²) in [5.74, 6) is 0.363. The van der Waals surface area contributed by atoms with Crippen molar-refractivity contribution < 1.29 is 5.11 Å². The third-order valence-corrected chi connectivity index (χ3v) is 2.81. The van der Waals surface area contributed by atoms with Crippen LogP contribution in [0.25, 0.3) is 0 Å². The number of aliphatic hydroxyl groups is 1. The molecule has 0 heterocycles. The Morgan fingerprint density at radius 3 is 2.85 bits per heavy atom. The summed E-state index contributed by atoms with van der Waals surface area (Å²) in [6.45, 7) is 2.78. The van der Waals surface area contributed by atoms with Crippen molar-refractivity contribution in [3.05, 3.63) is 0 Å². The van der Waals surface area contributed by atoms with Crippen LogP contribution in [-0.2, 0) is 0 Å². The first-order chi connectivity index (χ1) is 6.27. The van der Waals surface area contributed by atoms with E-state index in [1.165, 1.54) is 0 Å². The molecule has 0 aromatic heterocycles. The molecule has 1 fully saturated rings. The van der Waals surface area contributed by atoms with Gasteiger partial charge in [0, 0.05) is 6.54 Å². The summed E-state index contributed by atoms with van der Waals surface area (Å²) >= 11 is 0. The van der Waals surface area contributed by atoms with E-state index in [0.29, 0.717) is 5.92 Å². The molecule has 1 aliphatic rings. The fraction of sp³-hybridized carbons (Fsp3) is 0.900. The number of nitrogens with one attached hydrogen (secondary N) is 1. The molecule has 74 valence electrons. The average Bonchev–Trinajstić information content (AvgIpc) is 2.54. The number of aliphatic hydroxyl groups excluding tert-OH is 1. The minimum atomic E-state index is -0.149. The van der Waals surface area contributed by atoms with Gasteiger partial charge < -0.3 is 10.4 Å². The Morgan fingerprint density at radius 2 is 2.38 bits per heavy atom. The molecule has 3 unspecified atom stereocenters. The Balaban J connectivity index is 2.22. The first kappa shape index (κ1) is 10.5. The molecule has 13 heavy (non-hydrogen) atoms. The normalized spacial score (nSPS) is 29.9. The minimum absolute atomic E-state index is 0.0483. The van der Waals surface area contributed by atoms with E-state index in [-0.39, 0.29) is 12.1 Å². The number of rotatable bonds is 4. The van der Waals surface area contributed by atoms with Crippen LogP contribution in [0, 0.1) is 17.2 Å². The summed E-state index contributed by atoms with van der Waals surface area (Å²) in [4.78, 5) is 0. The molecule has 0 saturated heterocycles. The van der Waals surface area contributed by atoms with Crippen molar-refractivity contribution in [1.82, 2.24) is 5.32 Å².